The second-order valence-electron chi connectivity index (χ2n) is 6.04. The van der Waals surface area contributed by atoms with E-state index in [-0.39, 0.29) is 18.8 Å². The second kappa shape index (κ2) is 8.22. The molecule has 0 aliphatic heterocycles. The Morgan fingerprint density at radius 1 is 1.26 bits per heavy atom. The normalized spacial score (nSPS) is 12.1. The maximum absolute atomic E-state index is 11.8. The quantitative estimate of drug-likeness (QED) is 0.621. The lowest BCUT2D eigenvalue weighted by Gasteiger charge is -2.22. The molecule has 0 bridgehead atoms. The molecule has 0 saturated heterocycles. The molecule has 126 valence electrons. The average Bonchev–Trinajstić information content (AvgIpc) is 2.43. The second-order valence-corrected chi connectivity index (χ2v) is 6.04. The zero-order valence-electron chi connectivity index (χ0n) is 13.7. The molecule has 6 heteroatoms. The number of ether oxygens (including phenoxy) is 2. The highest BCUT2D eigenvalue weighted by Gasteiger charge is 2.23. The van der Waals surface area contributed by atoms with Crippen LogP contribution >= 0.6 is 0 Å². The number of alkyl carbamates (subject to hydrolysis) is 1. The minimum Gasteiger partial charge on any atom is -0.511 e. The minimum absolute atomic E-state index is 0.122. The molecular formula is C17H23NO5. The predicted molar refractivity (Wildman–Crippen MR) is 85.8 cm³/mol. The molecule has 0 heterocycles. The Labute approximate surface area is 136 Å². The molecule has 0 aromatic heterocycles. The molecule has 0 radical (unpaired) electrons. The van der Waals surface area contributed by atoms with Gasteiger partial charge >= 0.3 is 12.1 Å². The number of nitrogens with one attached hydrogen (secondary N) is 1. The van der Waals surface area contributed by atoms with E-state index in [4.69, 9.17) is 9.47 Å². The van der Waals surface area contributed by atoms with Crippen LogP contribution in [0.15, 0.2) is 42.7 Å². The lowest BCUT2D eigenvalue weighted by molar-refractivity contribution is -0.145. The summed E-state index contributed by atoms with van der Waals surface area (Å²) < 4.78 is 10.2. The number of aliphatic hydroxyl groups excluding tert-OH is 1. The largest absolute Gasteiger partial charge is 0.511 e. The molecule has 1 rings (SSSR count). The van der Waals surface area contributed by atoms with Gasteiger partial charge in [0.1, 0.15) is 18.0 Å². The van der Waals surface area contributed by atoms with E-state index in [1.807, 2.05) is 30.3 Å². The van der Waals surface area contributed by atoms with Crippen LogP contribution in [0.3, 0.4) is 0 Å². The molecule has 1 unspecified atom stereocenters. The van der Waals surface area contributed by atoms with Crippen molar-refractivity contribution in [1.29, 1.82) is 0 Å². The Balaban J connectivity index is 2.50. The highest BCUT2D eigenvalue weighted by molar-refractivity contribution is 5.73. The summed E-state index contributed by atoms with van der Waals surface area (Å²) in [6.07, 6.45) is -0.977. The van der Waals surface area contributed by atoms with E-state index < -0.39 is 23.7 Å². The molecule has 0 aliphatic rings. The summed E-state index contributed by atoms with van der Waals surface area (Å²) >= 11 is 0. The zero-order valence-corrected chi connectivity index (χ0v) is 13.7. The van der Waals surface area contributed by atoms with E-state index >= 15 is 0 Å². The molecule has 6 nitrogen and oxygen atoms in total. The van der Waals surface area contributed by atoms with Crippen molar-refractivity contribution >= 4 is 12.1 Å². The highest BCUT2D eigenvalue weighted by Crippen LogP contribution is 2.10. The third kappa shape index (κ3) is 7.90. The van der Waals surface area contributed by atoms with Crippen molar-refractivity contribution in [3.05, 3.63) is 48.2 Å². The number of aliphatic hydroxyl groups is 1. The number of carbonyl (C=O) groups is 2. The number of hydrogen-bond donors (Lipinski definition) is 2. The van der Waals surface area contributed by atoms with Crippen LogP contribution in [0.25, 0.3) is 0 Å². The van der Waals surface area contributed by atoms with E-state index in [0.717, 1.165) is 5.56 Å². The van der Waals surface area contributed by atoms with Crippen molar-refractivity contribution in [1.82, 2.24) is 5.32 Å². The first-order valence-corrected chi connectivity index (χ1v) is 7.24. The Kier molecular flexibility index (Phi) is 6.63. The van der Waals surface area contributed by atoms with Crippen molar-refractivity contribution < 1.29 is 24.2 Å². The van der Waals surface area contributed by atoms with E-state index in [2.05, 4.69) is 11.9 Å². The van der Waals surface area contributed by atoms with Crippen LogP contribution in [0.2, 0.25) is 0 Å². The lowest BCUT2D eigenvalue weighted by atomic mass is 10.2. The van der Waals surface area contributed by atoms with Gasteiger partial charge in [0.25, 0.3) is 0 Å². The fourth-order valence-corrected chi connectivity index (χ4v) is 1.67. The summed E-state index contributed by atoms with van der Waals surface area (Å²) in [5.41, 5.74) is 0.166. The van der Waals surface area contributed by atoms with Gasteiger partial charge in [-0.15, -0.1) is 0 Å². The number of esters is 1. The first-order chi connectivity index (χ1) is 10.7. The zero-order chi connectivity index (χ0) is 17.5. The van der Waals surface area contributed by atoms with Crippen molar-refractivity contribution in [2.75, 3.05) is 0 Å². The number of rotatable bonds is 6. The van der Waals surface area contributed by atoms with Crippen molar-refractivity contribution in [2.45, 2.75) is 45.4 Å². The molecule has 1 amide bonds. The summed E-state index contributed by atoms with van der Waals surface area (Å²) in [5, 5.41) is 11.9. The standard InChI is InChI=1S/C17H23NO5/c1-12(19)14(18-16(21)23-17(2,3)4)10-15(20)22-11-13-8-6-5-7-9-13/h5-9,14,19H,1,10-11H2,2-4H3,(H,18,21). The average molecular weight is 321 g/mol. The Hall–Kier alpha value is -2.50. The molecule has 0 spiro atoms. The van der Waals surface area contributed by atoms with Gasteiger partial charge in [-0.25, -0.2) is 4.79 Å². The summed E-state index contributed by atoms with van der Waals surface area (Å²) in [5.74, 6) is -0.905. The number of amides is 1. The molecule has 0 saturated carbocycles. The van der Waals surface area contributed by atoms with Crippen LogP contribution in [0.5, 0.6) is 0 Å². The Morgan fingerprint density at radius 3 is 2.39 bits per heavy atom. The minimum atomic E-state index is -0.965. The predicted octanol–water partition coefficient (Wildman–Crippen LogP) is 3.08. The molecule has 1 aromatic carbocycles. The monoisotopic (exact) mass is 321 g/mol. The summed E-state index contributed by atoms with van der Waals surface area (Å²) in [6.45, 7) is 8.61. The number of hydrogen-bond acceptors (Lipinski definition) is 5. The Morgan fingerprint density at radius 2 is 1.87 bits per heavy atom. The van der Waals surface area contributed by atoms with Gasteiger partial charge < -0.3 is 19.9 Å². The molecule has 1 atom stereocenters. The maximum atomic E-state index is 11.8. The van der Waals surface area contributed by atoms with Crippen LogP contribution in [0.4, 0.5) is 4.79 Å². The lowest BCUT2D eigenvalue weighted by Crippen LogP contribution is -2.41. The van der Waals surface area contributed by atoms with Crippen LogP contribution in [-0.2, 0) is 20.9 Å². The fourth-order valence-electron chi connectivity index (χ4n) is 1.67. The third-order valence-electron chi connectivity index (χ3n) is 2.71. The van der Waals surface area contributed by atoms with Crippen LogP contribution in [0, 0.1) is 0 Å². The first-order valence-electron chi connectivity index (χ1n) is 7.24. The molecular weight excluding hydrogens is 298 g/mol. The third-order valence-corrected chi connectivity index (χ3v) is 2.71. The van der Waals surface area contributed by atoms with Gasteiger partial charge in [-0.1, -0.05) is 36.9 Å². The van der Waals surface area contributed by atoms with Gasteiger partial charge in [-0.05, 0) is 26.3 Å². The summed E-state index contributed by atoms with van der Waals surface area (Å²) in [6, 6.07) is 8.23. The summed E-state index contributed by atoms with van der Waals surface area (Å²) in [7, 11) is 0. The fraction of sp³-hybridized carbons (Fsp3) is 0.412. The number of benzene rings is 1. The highest BCUT2D eigenvalue weighted by atomic mass is 16.6. The Bertz CT molecular complexity index is 548. The van der Waals surface area contributed by atoms with Gasteiger partial charge in [0.2, 0.25) is 0 Å². The summed E-state index contributed by atoms with van der Waals surface area (Å²) in [4.78, 5) is 23.5. The van der Waals surface area contributed by atoms with Crippen LogP contribution in [-0.4, -0.2) is 28.8 Å². The first kappa shape index (κ1) is 18.5. The van der Waals surface area contributed by atoms with Crippen molar-refractivity contribution in [3.63, 3.8) is 0 Å². The maximum Gasteiger partial charge on any atom is 0.408 e. The van der Waals surface area contributed by atoms with Gasteiger partial charge in [0.15, 0.2) is 0 Å². The van der Waals surface area contributed by atoms with Crippen molar-refractivity contribution in [2.24, 2.45) is 0 Å². The van der Waals surface area contributed by atoms with Gasteiger partial charge in [0.05, 0.1) is 12.5 Å². The SMILES string of the molecule is C=C(O)C(CC(=O)OCc1ccccc1)NC(=O)OC(C)(C)C. The molecule has 0 aliphatic carbocycles. The smallest absolute Gasteiger partial charge is 0.408 e. The van der Waals surface area contributed by atoms with Crippen LogP contribution in [0.1, 0.15) is 32.8 Å². The topological polar surface area (TPSA) is 84.9 Å². The van der Waals surface area contributed by atoms with E-state index in [1.54, 1.807) is 20.8 Å². The van der Waals surface area contributed by atoms with Gasteiger partial charge in [-0.3, -0.25) is 4.79 Å². The molecule has 0 fully saturated rings. The van der Waals surface area contributed by atoms with E-state index in [0.29, 0.717) is 0 Å². The van der Waals surface area contributed by atoms with Gasteiger partial charge in [0, 0.05) is 0 Å². The van der Waals surface area contributed by atoms with Crippen LogP contribution < -0.4 is 5.32 Å². The van der Waals surface area contributed by atoms with E-state index in [1.165, 1.54) is 0 Å². The molecule has 2 N–H and O–H groups in total. The molecule has 1 aromatic rings. The number of carbonyl (C=O) groups excluding carboxylic acids is 2. The molecule has 23 heavy (non-hydrogen) atoms. The van der Waals surface area contributed by atoms with E-state index in [9.17, 15) is 14.7 Å². The van der Waals surface area contributed by atoms with Gasteiger partial charge in [-0.2, -0.15) is 0 Å². The van der Waals surface area contributed by atoms with Crippen molar-refractivity contribution in [3.8, 4) is 0 Å².